The van der Waals surface area contributed by atoms with Crippen LogP contribution in [0.2, 0.25) is 0 Å². The molecule has 4 aromatic carbocycles. The highest BCUT2D eigenvalue weighted by atomic mass is 16.5. The second kappa shape index (κ2) is 15.0. The number of hydrogen-bond donors (Lipinski definition) is 1. The average Bonchev–Trinajstić information content (AvgIpc) is 3.66. The van der Waals surface area contributed by atoms with Gasteiger partial charge in [0.2, 0.25) is 0 Å². The number of benzene rings is 4. The number of aromatic carboxylic acids is 1. The summed E-state index contributed by atoms with van der Waals surface area (Å²) in [5, 5.41) is 18.7. The summed E-state index contributed by atoms with van der Waals surface area (Å²) in [6, 6.07) is 28.5. The van der Waals surface area contributed by atoms with Crippen LogP contribution in [0.3, 0.4) is 0 Å². The Balaban J connectivity index is 1.12. The first-order valence-electron chi connectivity index (χ1n) is 17.9. The number of para-hydroxylation sites is 1. The van der Waals surface area contributed by atoms with E-state index in [9.17, 15) is 9.90 Å². The van der Waals surface area contributed by atoms with Gasteiger partial charge in [-0.2, -0.15) is 5.10 Å². The molecule has 0 spiro atoms. The lowest BCUT2D eigenvalue weighted by molar-refractivity contribution is 0.0685. The van der Waals surface area contributed by atoms with Gasteiger partial charge in [0.1, 0.15) is 29.5 Å². The third-order valence-electron chi connectivity index (χ3n) is 9.97. The fraction of sp³-hybridized carbons (Fsp3) is 0.286. The van der Waals surface area contributed by atoms with Crippen LogP contribution in [0.25, 0.3) is 32.8 Å². The van der Waals surface area contributed by atoms with Gasteiger partial charge in [-0.1, -0.05) is 66.7 Å². The molecule has 0 saturated carbocycles. The third kappa shape index (κ3) is 6.63. The van der Waals surface area contributed by atoms with Crippen LogP contribution in [0.4, 0.5) is 5.69 Å². The first-order valence-corrected chi connectivity index (χ1v) is 17.9. The van der Waals surface area contributed by atoms with Crippen LogP contribution in [-0.2, 0) is 42.7 Å². The van der Waals surface area contributed by atoms with E-state index in [2.05, 4.69) is 41.3 Å². The summed E-state index contributed by atoms with van der Waals surface area (Å²) < 4.78 is 28.0. The molecule has 1 saturated heterocycles. The molecule has 0 aliphatic carbocycles. The third-order valence-corrected chi connectivity index (χ3v) is 9.97. The maximum atomic E-state index is 13.1. The van der Waals surface area contributed by atoms with Crippen molar-refractivity contribution < 1.29 is 28.8 Å². The lowest BCUT2D eigenvalue weighted by Gasteiger charge is -2.28. The highest BCUT2D eigenvalue weighted by Gasteiger charge is 2.28. The number of anilines is 1. The number of carbonyl (C=O) groups is 1. The number of rotatable bonds is 10. The van der Waals surface area contributed by atoms with Crippen LogP contribution >= 0.6 is 0 Å². The molecule has 266 valence electrons. The number of fused-ring (bicyclic) bond motifs is 3. The Bertz CT molecular complexity index is 2240. The molecule has 0 amide bonds. The van der Waals surface area contributed by atoms with Gasteiger partial charge in [0.05, 0.1) is 44.2 Å². The molecule has 1 fully saturated rings. The van der Waals surface area contributed by atoms with Gasteiger partial charge in [-0.15, -0.1) is 0 Å². The number of carboxylic acid groups (broad SMARTS) is 1. The molecule has 2 aromatic heterocycles. The van der Waals surface area contributed by atoms with E-state index in [-0.39, 0.29) is 6.61 Å². The number of carboxylic acids is 1. The largest absolute Gasteiger partial charge is 0.493 e. The maximum absolute atomic E-state index is 13.1. The van der Waals surface area contributed by atoms with Crippen LogP contribution in [0.15, 0.2) is 97.1 Å². The van der Waals surface area contributed by atoms with Crippen molar-refractivity contribution in [2.24, 2.45) is 7.05 Å². The van der Waals surface area contributed by atoms with Crippen molar-refractivity contribution in [3.8, 4) is 22.6 Å². The highest BCUT2D eigenvalue weighted by Crippen LogP contribution is 2.39. The van der Waals surface area contributed by atoms with Gasteiger partial charge in [-0.05, 0) is 54.1 Å². The Labute approximate surface area is 302 Å². The smallest absolute Gasteiger partial charge is 0.352 e. The minimum atomic E-state index is -0.956. The van der Waals surface area contributed by atoms with Gasteiger partial charge in [0.25, 0.3) is 0 Å². The van der Waals surface area contributed by atoms with Crippen LogP contribution in [0.5, 0.6) is 11.5 Å². The number of nitrogens with zero attached hydrogens (tertiary/aromatic N) is 4. The van der Waals surface area contributed by atoms with Crippen LogP contribution in [-0.4, -0.2) is 64.9 Å². The van der Waals surface area contributed by atoms with E-state index in [1.807, 2.05) is 77.0 Å². The number of morpholine rings is 1. The first-order chi connectivity index (χ1) is 25.6. The minimum Gasteiger partial charge on any atom is -0.493 e. The van der Waals surface area contributed by atoms with E-state index in [4.69, 9.17) is 24.0 Å². The molecular formula is C42H42N4O6. The molecule has 4 heterocycles. The zero-order chi connectivity index (χ0) is 35.4. The van der Waals surface area contributed by atoms with Crippen molar-refractivity contribution in [1.82, 2.24) is 14.3 Å². The van der Waals surface area contributed by atoms with E-state index in [1.54, 1.807) is 0 Å². The summed E-state index contributed by atoms with van der Waals surface area (Å²) in [4.78, 5) is 15.4. The van der Waals surface area contributed by atoms with Crippen molar-refractivity contribution in [2.45, 2.75) is 32.6 Å². The fourth-order valence-electron chi connectivity index (χ4n) is 7.51. The zero-order valence-electron chi connectivity index (χ0n) is 29.3. The van der Waals surface area contributed by atoms with Crippen molar-refractivity contribution in [3.05, 3.63) is 120 Å². The molecule has 2 aliphatic heterocycles. The number of hydrogen-bond acceptors (Lipinski definition) is 7. The number of aromatic nitrogens is 3. The van der Waals surface area contributed by atoms with Crippen molar-refractivity contribution in [2.75, 3.05) is 44.4 Å². The van der Waals surface area contributed by atoms with Gasteiger partial charge >= 0.3 is 5.97 Å². The van der Waals surface area contributed by atoms with E-state index in [0.717, 1.165) is 93.2 Å². The predicted molar refractivity (Wildman–Crippen MR) is 201 cm³/mol. The summed E-state index contributed by atoms with van der Waals surface area (Å²) in [7, 11) is 1.92. The molecule has 10 heteroatoms. The molecular weight excluding hydrogens is 656 g/mol. The zero-order valence-corrected chi connectivity index (χ0v) is 29.3. The lowest BCUT2D eigenvalue weighted by Crippen LogP contribution is -2.36. The Morgan fingerprint density at radius 3 is 2.52 bits per heavy atom. The average molecular weight is 699 g/mol. The molecule has 1 N–H and O–H groups in total. The standard InChI is InChI=1S/C42H42N4O6/c1-44-37-28-50-23-5-4-20-46-40-33(34(41(46)42(47)48)14-8-24-51-38-15-6-10-29-9-2-3-11-32(29)38)12-7-13-35(40)39(37)36(43-44)27-52-31-18-16-30(17-19-31)45-21-25-49-26-22-45/h2-7,9-13,15-19H,8,14,20-28H2,1H3,(H,47,48)/b5-4-. The highest BCUT2D eigenvalue weighted by molar-refractivity contribution is 6.04. The van der Waals surface area contributed by atoms with E-state index >= 15 is 0 Å². The van der Waals surface area contributed by atoms with Crippen LogP contribution in [0, 0.1) is 0 Å². The SMILES string of the molecule is Cn1nc(COc2ccc(N3CCOCC3)cc2)c2c1COC/C=C\Cn1c(C(=O)O)c(CCCOc3cccc4ccccc34)c3cccc-2c31. The summed E-state index contributed by atoms with van der Waals surface area (Å²) >= 11 is 0. The number of ether oxygens (including phenoxy) is 4. The lowest BCUT2D eigenvalue weighted by atomic mass is 9.98. The molecule has 10 nitrogen and oxygen atoms in total. The van der Waals surface area contributed by atoms with Gasteiger partial charge in [0.15, 0.2) is 0 Å². The van der Waals surface area contributed by atoms with Gasteiger partial charge in [-0.25, -0.2) is 4.79 Å². The molecule has 0 radical (unpaired) electrons. The van der Waals surface area contributed by atoms with Gasteiger partial charge in [0, 0.05) is 54.3 Å². The molecule has 2 aliphatic rings. The molecule has 8 rings (SSSR count). The van der Waals surface area contributed by atoms with E-state index in [0.29, 0.717) is 44.9 Å². The monoisotopic (exact) mass is 698 g/mol. The fourth-order valence-corrected chi connectivity index (χ4v) is 7.51. The molecule has 0 bridgehead atoms. The number of aryl methyl sites for hydroxylation is 2. The summed E-state index contributed by atoms with van der Waals surface area (Å²) in [5.41, 5.74) is 6.57. The van der Waals surface area contributed by atoms with Gasteiger partial charge < -0.3 is 33.5 Å². The summed E-state index contributed by atoms with van der Waals surface area (Å²) in [6.07, 6.45) is 5.12. The number of allylic oxidation sites excluding steroid dienone is 1. The van der Waals surface area contributed by atoms with Crippen LogP contribution < -0.4 is 14.4 Å². The predicted octanol–water partition coefficient (Wildman–Crippen LogP) is 7.41. The Hall–Kier alpha value is -5.58. The van der Waals surface area contributed by atoms with Crippen LogP contribution in [0.1, 0.15) is 33.9 Å². The Morgan fingerprint density at radius 2 is 1.67 bits per heavy atom. The van der Waals surface area contributed by atoms with Crippen molar-refractivity contribution in [3.63, 3.8) is 0 Å². The second-order valence-electron chi connectivity index (χ2n) is 13.1. The Kier molecular flexibility index (Phi) is 9.65. The second-order valence-corrected chi connectivity index (χ2v) is 13.1. The van der Waals surface area contributed by atoms with Gasteiger partial charge in [-0.3, -0.25) is 4.68 Å². The topological polar surface area (TPSA) is 100 Å². The Morgan fingerprint density at radius 1 is 0.885 bits per heavy atom. The maximum Gasteiger partial charge on any atom is 0.352 e. The van der Waals surface area contributed by atoms with Crippen molar-refractivity contribution >= 4 is 33.3 Å². The molecule has 0 atom stereocenters. The normalized spacial score (nSPS) is 15.3. The van der Waals surface area contributed by atoms with E-state index in [1.165, 1.54) is 0 Å². The van der Waals surface area contributed by atoms with E-state index < -0.39 is 5.97 Å². The minimum absolute atomic E-state index is 0.236. The summed E-state index contributed by atoms with van der Waals surface area (Å²) in [5.74, 6) is 0.619. The first kappa shape index (κ1) is 33.6. The quantitative estimate of drug-likeness (QED) is 0.117. The molecule has 52 heavy (non-hydrogen) atoms. The summed E-state index contributed by atoms with van der Waals surface area (Å²) in [6.45, 7) is 5.03. The molecule has 0 unspecified atom stereocenters. The molecule has 6 aromatic rings. The van der Waals surface area contributed by atoms with Crippen molar-refractivity contribution in [1.29, 1.82) is 0 Å².